The number of carbonyl (C=O) groups excluding carboxylic acids is 4. The summed E-state index contributed by atoms with van der Waals surface area (Å²) < 4.78 is 16.0. The molecule has 0 bridgehead atoms. The number of Topliss-reactive ketones (excluding diaryl/α,β-unsaturated/α-hetero) is 2. The van der Waals surface area contributed by atoms with E-state index in [9.17, 15) is 19.2 Å². The Bertz CT molecular complexity index is 1280. The van der Waals surface area contributed by atoms with Crippen LogP contribution in [0.1, 0.15) is 74.7 Å². The van der Waals surface area contributed by atoms with Gasteiger partial charge in [-0.2, -0.15) is 0 Å². The standard InChI is InChI=1S/C34H48N4O7/c1-23(2)18-28(31(40)34(3)11-12-34)36-32(41)25(19-24-8-6-5-7-9-24)20-30(39)27(10-15-43-4)35-33(42)29-21-26(45-37-29)22-38-13-16-44-17-14-38/h5-9,21,23,25,27-28H,10-20,22H2,1-4H3,(H,35,42)(H,36,41)/t25-,27+,28+/m1/s1. The molecule has 2 heterocycles. The molecule has 45 heavy (non-hydrogen) atoms. The number of nitrogens with zero attached hydrogens (tertiary/aromatic N) is 2. The fourth-order valence-corrected chi connectivity index (χ4v) is 5.64. The lowest BCUT2D eigenvalue weighted by atomic mass is 9.88. The third-order valence-corrected chi connectivity index (χ3v) is 8.66. The highest BCUT2D eigenvalue weighted by Gasteiger charge is 2.48. The molecule has 1 aromatic carbocycles. The van der Waals surface area contributed by atoms with Crippen molar-refractivity contribution >= 4 is 23.4 Å². The molecule has 11 heteroatoms. The third-order valence-electron chi connectivity index (χ3n) is 8.66. The van der Waals surface area contributed by atoms with Crippen molar-refractivity contribution in [2.75, 3.05) is 40.0 Å². The van der Waals surface area contributed by atoms with Gasteiger partial charge in [-0.3, -0.25) is 24.1 Å². The van der Waals surface area contributed by atoms with Crippen molar-refractivity contribution in [3.05, 3.63) is 53.4 Å². The molecule has 2 fully saturated rings. The third kappa shape index (κ3) is 10.3. The summed E-state index contributed by atoms with van der Waals surface area (Å²) >= 11 is 0. The maximum atomic E-state index is 13.8. The van der Waals surface area contributed by atoms with Crippen LogP contribution in [0.15, 0.2) is 40.9 Å². The number of hydrogen-bond donors (Lipinski definition) is 2. The van der Waals surface area contributed by atoms with Crippen LogP contribution in [-0.4, -0.2) is 85.5 Å². The summed E-state index contributed by atoms with van der Waals surface area (Å²) in [6.45, 7) is 9.54. The number of nitrogens with one attached hydrogen (secondary N) is 2. The first kappa shape index (κ1) is 34.5. The van der Waals surface area contributed by atoms with Gasteiger partial charge in [0.1, 0.15) is 0 Å². The molecule has 1 aliphatic heterocycles. The van der Waals surface area contributed by atoms with Gasteiger partial charge in [0.25, 0.3) is 5.91 Å². The van der Waals surface area contributed by atoms with Crippen molar-refractivity contribution in [1.82, 2.24) is 20.7 Å². The molecule has 2 aliphatic rings. The van der Waals surface area contributed by atoms with Gasteiger partial charge in [-0.25, -0.2) is 0 Å². The fourth-order valence-electron chi connectivity index (χ4n) is 5.64. The number of ketones is 2. The second kappa shape index (κ2) is 16.2. The summed E-state index contributed by atoms with van der Waals surface area (Å²) in [6, 6.07) is 9.56. The number of hydrogen-bond acceptors (Lipinski definition) is 9. The van der Waals surface area contributed by atoms with E-state index in [1.165, 1.54) is 7.11 Å². The minimum atomic E-state index is -0.901. The number of amides is 2. The molecular weight excluding hydrogens is 576 g/mol. The van der Waals surface area contributed by atoms with E-state index < -0.39 is 29.3 Å². The predicted octanol–water partition coefficient (Wildman–Crippen LogP) is 3.36. The molecule has 11 nitrogen and oxygen atoms in total. The first-order valence-corrected chi connectivity index (χ1v) is 16.0. The second-order valence-corrected chi connectivity index (χ2v) is 13.0. The Hall–Kier alpha value is -3.41. The number of aromatic nitrogens is 1. The van der Waals surface area contributed by atoms with E-state index in [0.29, 0.717) is 38.4 Å². The van der Waals surface area contributed by atoms with Gasteiger partial charge < -0.3 is 24.6 Å². The summed E-state index contributed by atoms with van der Waals surface area (Å²) in [5.74, 6) is -1.09. The highest BCUT2D eigenvalue weighted by molar-refractivity contribution is 5.98. The largest absolute Gasteiger partial charge is 0.385 e. The number of carbonyl (C=O) groups is 4. The molecule has 1 saturated carbocycles. The predicted molar refractivity (Wildman–Crippen MR) is 167 cm³/mol. The molecule has 1 aromatic heterocycles. The molecular formula is C34H48N4O7. The normalized spacial score (nSPS) is 18.2. The van der Waals surface area contributed by atoms with E-state index in [2.05, 4.69) is 20.7 Å². The number of ether oxygens (including phenoxy) is 2. The van der Waals surface area contributed by atoms with Gasteiger partial charge in [0.2, 0.25) is 5.91 Å². The Morgan fingerprint density at radius 3 is 2.40 bits per heavy atom. The summed E-state index contributed by atoms with van der Waals surface area (Å²) in [7, 11) is 1.52. The van der Waals surface area contributed by atoms with Crippen molar-refractivity contribution < 1.29 is 33.2 Å². The van der Waals surface area contributed by atoms with Crippen LogP contribution in [0, 0.1) is 17.3 Å². The lowest BCUT2D eigenvalue weighted by Crippen LogP contribution is -2.48. The molecule has 4 rings (SSSR count). The molecule has 1 aliphatic carbocycles. The zero-order valence-corrected chi connectivity index (χ0v) is 27.0. The Balaban J connectivity index is 1.46. The van der Waals surface area contributed by atoms with Crippen LogP contribution >= 0.6 is 0 Å². The van der Waals surface area contributed by atoms with Crippen molar-refractivity contribution in [2.24, 2.45) is 17.3 Å². The van der Waals surface area contributed by atoms with Gasteiger partial charge in [-0.15, -0.1) is 0 Å². The van der Waals surface area contributed by atoms with Crippen LogP contribution in [0.2, 0.25) is 0 Å². The zero-order chi connectivity index (χ0) is 32.4. The molecule has 2 amide bonds. The van der Waals surface area contributed by atoms with Crippen molar-refractivity contribution in [1.29, 1.82) is 0 Å². The second-order valence-electron chi connectivity index (χ2n) is 13.0. The topological polar surface area (TPSA) is 140 Å². The van der Waals surface area contributed by atoms with Gasteiger partial charge in [0.05, 0.1) is 31.8 Å². The lowest BCUT2D eigenvalue weighted by molar-refractivity contribution is -0.134. The SMILES string of the molecule is COCC[C@H](NC(=O)c1cc(CN2CCOCC2)on1)C(=O)C[C@@H](Cc1ccccc1)C(=O)N[C@@H](CC(C)C)C(=O)C1(C)CC1. The molecule has 1 saturated heterocycles. The Morgan fingerprint density at radius 2 is 1.76 bits per heavy atom. The van der Waals surface area contributed by atoms with Crippen molar-refractivity contribution in [3.8, 4) is 0 Å². The average molecular weight is 625 g/mol. The van der Waals surface area contributed by atoms with Gasteiger partial charge in [-0.1, -0.05) is 56.3 Å². The molecule has 2 aromatic rings. The van der Waals surface area contributed by atoms with E-state index >= 15 is 0 Å². The van der Waals surface area contributed by atoms with Crippen LogP contribution in [0.4, 0.5) is 0 Å². The van der Waals surface area contributed by atoms with Gasteiger partial charge >= 0.3 is 0 Å². The summed E-state index contributed by atoms with van der Waals surface area (Å²) in [6.07, 6.45) is 2.61. The van der Waals surface area contributed by atoms with Gasteiger partial charge in [0, 0.05) is 50.6 Å². The maximum absolute atomic E-state index is 13.8. The fraction of sp³-hybridized carbons (Fsp3) is 0.618. The van der Waals surface area contributed by atoms with E-state index in [4.69, 9.17) is 14.0 Å². The van der Waals surface area contributed by atoms with E-state index in [1.54, 1.807) is 6.07 Å². The summed E-state index contributed by atoms with van der Waals surface area (Å²) in [5.41, 5.74) is 0.589. The van der Waals surface area contributed by atoms with E-state index in [0.717, 1.165) is 31.5 Å². The van der Waals surface area contributed by atoms with Crippen LogP contribution in [0.5, 0.6) is 0 Å². The average Bonchev–Trinajstić information content (AvgIpc) is 3.61. The first-order valence-electron chi connectivity index (χ1n) is 16.0. The monoisotopic (exact) mass is 624 g/mol. The Morgan fingerprint density at radius 1 is 1.04 bits per heavy atom. The number of rotatable bonds is 18. The van der Waals surface area contributed by atoms with E-state index in [1.807, 2.05) is 51.1 Å². The van der Waals surface area contributed by atoms with Crippen LogP contribution in [0.25, 0.3) is 0 Å². The molecule has 3 atom stereocenters. The maximum Gasteiger partial charge on any atom is 0.274 e. The molecule has 0 radical (unpaired) electrons. The number of morpholine rings is 1. The highest BCUT2D eigenvalue weighted by atomic mass is 16.5. The van der Waals surface area contributed by atoms with Crippen LogP contribution in [0.3, 0.4) is 0 Å². The van der Waals surface area contributed by atoms with Crippen molar-refractivity contribution in [2.45, 2.75) is 77.9 Å². The Labute approximate surface area is 265 Å². The number of benzene rings is 1. The van der Waals surface area contributed by atoms with Crippen molar-refractivity contribution in [3.63, 3.8) is 0 Å². The Kier molecular flexibility index (Phi) is 12.4. The molecule has 246 valence electrons. The molecule has 0 unspecified atom stereocenters. The smallest absolute Gasteiger partial charge is 0.274 e. The first-order chi connectivity index (χ1) is 21.6. The van der Waals surface area contributed by atoms with E-state index in [-0.39, 0.29) is 48.5 Å². The molecule has 2 N–H and O–H groups in total. The highest BCUT2D eigenvalue weighted by Crippen LogP contribution is 2.47. The van der Waals surface area contributed by atoms with Crippen LogP contribution in [-0.2, 0) is 36.8 Å². The quantitative estimate of drug-likeness (QED) is 0.256. The minimum Gasteiger partial charge on any atom is -0.385 e. The molecule has 0 spiro atoms. The van der Waals surface area contributed by atoms with Gasteiger partial charge in [0.15, 0.2) is 23.0 Å². The summed E-state index contributed by atoms with van der Waals surface area (Å²) in [4.78, 5) is 56.3. The summed E-state index contributed by atoms with van der Waals surface area (Å²) in [5, 5.41) is 9.75. The zero-order valence-electron chi connectivity index (χ0n) is 27.0. The minimum absolute atomic E-state index is 0.0557. The van der Waals surface area contributed by atoms with Gasteiger partial charge in [-0.05, 0) is 43.6 Å². The number of methoxy groups -OCH3 is 1. The lowest BCUT2D eigenvalue weighted by Gasteiger charge is -2.26. The van der Waals surface area contributed by atoms with Crippen LogP contribution < -0.4 is 10.6 Å².